The SMILES string of the molecule is CC(C1CC1)n1nccc1NC(=O)CCN1C(=O)CCC1=O. The number of carbonyl (C=O) groups excluding carboxylic acids is 3. The van der Waals surface area contributed by atoms with E-state index in [4.69, 9.17) is 0 Å². The van der Waals surface area contributed by atoms with E-state index >= 15 is 0 Å². The van der Waals surface area contributed by atoms with Crippen molar-refractivity contribution >= 4 is 23.5 Å². The second kappa shape index (κ2) is 5.90. The number of likely N-dealkylation sites (tertiary alicyclic amines) is 1. The fraction of sp³-hybridized carbons (Fsp3) is 0.600. The molecule has 118 valence electrons. The molecule has 22 heavy (non-hydrogen) atoms. The third kappa shape index (κ3) is 3.03. The average molecular weight is 304 g/mol. The van der Waals surface area contributed by atoms with E-state index in [1.807, 2.05) is 4.68 Å². The number of carbonyl (C=O) groups is 3. The molecule has 1 aromatic heterocycles. The fourth-order valence-corrected chi connectivity index (χ4v) is 2.81. The van der Waals surface area contributed by atoms with E-state index in [0.29, 0.717) is 11.7 Å². The highest BCUT2D eigenvalue weighted by molar-refractivity contribution is 6.02. The molecule has 1 saturated heterocycles. The summed E-state index contributed by atoms with van der Waals surface area (Å²) >= 11 is 0. The minimum atomic E-state index is -0.211. The Bertz CT molecular complexity index is 590. The van der Waals surface area contributed by atoms with Crippen LogP contribution in [0.2, 0.25) is 0 Å². The van der Waals surface area contributed by atoms with E-state index in [9.17, 15) is 14.4 Å². The highest BCUT2D eigenvalue weighted by Gasteiger charge is 2.31. The molecule has 7 heteroatoms. The minimum Gasteiger partial charge on any atom is -0.311 e. The van der Waals surface area contributed by atoms with Gasteiger partial charge in [-0.05, 0) is 25.7 Å². The largest absolute Gasteiger partial charge is 0.311 e. The third-order valence-electron chi connectivity index (χ3n) is 4.35. The molecule has 0 radical (unpaired) electrons. The maximum absolute atomic E-state index is 12.0. The monoisotopic (exact) mass is 304 g/mol. The molecular formula is C15H20N4O3. The van der Waals surface area contributed by atoms with Crippen LogP contribution in [0, 0.1) is 5.92 Å². The second-order valence-corrected chi connectivity index (χ2v) is 5.98. The second-order valence-electron chi connectivity index (χ2n) is 5.98. The summed E-state index contributed by atoms with van der Waals surface area (Å²) in [5, 5.41) is 7.10. The van der Waals surface area contributed by atoms with Crippen molar-refractivity contribution in [2.75, 3.05) is 11.9 Å². The molecule has 0 aromatic carbocycles. The summed E-state index contributed by atoms with van der Waals surface area (Å²) in [6, 6.07) is 2.04. The van der Waals surface area contributed by atoms with E-state index in [0.717, 1.165) is 0 Å². The molecule has 3 rings (SSSR count). The number of aromatic nitrogens is 2. The zero-order chi connectivity index (χ0) is 15.7. The van der Waals surface area contributed by atoms with Crippen molar-refractivity contribution in [3.05, 3.63) is 12.3 Å². The zero-order valence-corrected chi connectivity index (χ0v) is 12.6. The van der Waals surface area contributed by atoms with Crippen molar-refractivity contribution < 1.29 is 14.4 Å². The third-order valence-corrected chi connectivity index (χ3v) is 4.35. The number of amides is 3. The molecule has 2 aliphatic rings. The van der Waals surface area contributed by atoms with Crippen molar-refractivity contribution in [1.29, 1.82) is 0 Å². The van der Waals surface area contributed by atoms with Crippen LogP contribution >= 0.6 is 0 Å². The normalized spacial score (nSPS) is 19.6. The standard InChI is InChI=1S/C15H20N4O3/c1-10(11-2-3-11)19-12(6-8-16-19)17-13(20)7-9-18-14(21)4-5-15(18)22/h6,8,10-11H,2-5,7,9H2,1H3,(H,17,20). The average Bonchev–Trinajstić information content (AvgIpc) is 3.16. The molecular weight excluding hydrogens is 284 g/mol. The highest BCUT2D eigenvalue weighted by atomic mass is 16.2. The van der Waals surface area contributed by atoms with Crippen LogP contribution in [-0.4, -0.2) is 38.9 Å². The minimum absolute atomic E-state index is 0.112. The molecule has 0 bridgehead atoms. The fourth-order valence-electron chi connectivity index (χ4n) is 2.81. The number of hydrogen-bond donors (Lipinski definition) is 1. The van der Waals surface area contributed by atoms with Crippen molar-refractivity contribution in [3.63, 3.8) is 0 Å². The Hall–Kier alpha value is -2.18. The van der Waals surface area contributed by atoms with Crippen LogP contribution in [0.3, 0.4) is 0 Å². The van der Waals surface area contributed by atoms with E-state index in [-0.39, 0.29) is 49.6 Å². The first-order valence-corrected chi connectivity index (χ1v) is 7.73. The maximum atomic E-state index is 12.0. The van der Waals surface area contributed by atoms with Crippen LogP contribution in [0.1, 0.15) is 45.1 Å². The van der Waals surface area contributed by atoms with Gasteiger partial charge in [-0.2, -0.15) is 5.10 Å². The van der Waals surface area contributed by atoms with Gasteiger partial charge >= 0.3 is 0 Å². The quantitative estimate of drug-likeness (QED) is 0.804. The van der Waals surface area contributed by atoms with Crippen LogP contribution in [-0.2, 0) is 14.4 Å². The summed E-state index contributed by atoms with van der Waals surface area (Å²) in [6.45, 7) is 2.25. The summed E-state index contributed by atoms with van der Waals surface area (Å²) in [6.07, 6.45) is 4.70. The molecule has 1 saturated carbocycles. The number of rotatable bonds is 6. The zero-order valence-electron chi connectivity index (χ0n) is 12.6. The molecule has 1 aromatic rings. The number of anilines is 1. The van der Waals surface area contributed by atoms with Gasteiger partial charge in [-0.15, -0.1) is 0 Å². The Morgan fingerprint density at radius 2 is 2.05 bits per heavy atom. The Balaban J connectivity index is 1.55. The van der Waals surface area contributed by atoms with Crippen molar-refractivity contribution in [2.45, 2.75) is 45.1 Å². The molecule has 1 aliphatic carbocycles. The van der Waals surface area contributed by atoms with Crippen LogP contribution in [0.25, 0.3) is 0 Å². The molecule has 0 spiro atoms. The molecule has 3 amide bonds. The first kappa shape index (κ1) is 14.7. The lowest BCUT2D eigenvalue weighted by atomic mass is 10.2. The van der Waals surface area contributed by atoms with Crippen molar-refractivity contribution in [2.24, 2.45) is 5.92 Å². The molecule has 1 atom stereocenters. The van der Waals surface area contributed by atoms with Crippen molar-refractivity contribution in [1.82, 2.24) is 14.7 Å². The summed E-state index contributed by atoms with van der Waals surface area (Å²) < 4.78 is 1.84. The van der Waals surface area contributed by atoms with Gasteiger partial charge in [-0.1, -0.05) is 0 Å². The van der Waals surface area contributed by atoms with Gasteiger partial charge in [0.15, 0.2) is 0 Å². The Labute approximate surface area is 128 Å². The Morgan fingerprint density at radius 3 is 2.68 bits per heavy atom. The van der Waals surface area contributed by atoms with Gasteiger partial charge in [0.1, 0.15) is 5.82 Å². The van der Waals surface area contributed by atoms with Crippen LogP contribution in [0.4, 0.5) is 5.82 Å². The lowest BCUT2D eigenvalue weighted by molar-refractivity contribution is -0.138. The topological polar surface area (TPSA) is 84.3 Å². The van der Waals surface area contributed by atoms with Crippen LogP contribution < -0.4 is 5.32 Å². The Kier molecular flexibility index (Phi) is 3.96. The van der Waals surface area contributed by atoms with E-state index < -0.39 is 0 Å². The first-order chi connectivity index (χ1) is 10.6. The molecule has 2 heterocycles. The number of nitrogens with zero attached hydrogens (tertiary/aromatic N) is 3. The summed E-state index contributed by atoms with van der Waals surface area (Å²) in [7, 11) is 0. The molecule has 1 unspecified atom stereocenters. The molecule has 1 aliphatic heterocycles. The summed E-state index contributed by atoms with van der Waals surface area (Å²) in [5.74, 6) is 0.714. The van der Waals surface area contributed by atoms with Crippen molar-refractivity contribution in [3.8, 4) is 0 Å². The van der Waals surface area contributed by atoms with Gasteiger partial charge < -0.3 is 5.32 Å². The maximum Gasteiger partial charge on any atom is 0.229 e. The van der Waals surface area contributed by atoms with Crippen LogP contribution in [0.5, 0.6) is 0 Å². The predicted molar refractivity (Wildman–Crippen MR) is 78.9 cm³/mol. The van der Waals surface area contributed by atoms with E-state index in [1.54, 1.807) is 12.3 Å². The van der Waals surface area contributed by atoms with E-state index in [2.05, 4.69) is 17.3 Å². The Morgan fingerprint density at radius 1 is 1.36 bits per heavy atom. The summed E-state index contributed by atoms with van der Waals surface area (Å²) in [5.41, 5.74) is 0. The van der Waals surface area contributed by atoms with Gasteiger partial charge in [0.25, 0.3) is 0 Å². The van der Waals surface area contributed by atoms with Gasteiger partial charge in [0, 0.05) is 31.9 Å². The molecule has 7 nitrogen and oxygen atoms in total. The first-order valence-electron chi connectivity index (χ1n) is 7.73. The smallest absolute Gasteiger partial charge is 0.229 e. The van der Waals surface area contributed by atoms with Gasteiger partial charge in [0.05, 0.1) is 12.2 Å². The molecule has 1 N–H and O–H groups in total. The number of imide groups is 1. The predicted octanol–water partition coefficient (Wildman–Crippen LogP) is 1.33. The summed E-state index contributed by atoms with van der Waals surface area (Å²) in [4.78, 5) is 36.2. The molecule has 2 fully saturated rings. The number of nitrogens with one attached hydrogen (secondary N) is 1. The highest BCUT2D eigenvalue weighted by Crippen LogP contribution is 2.40. The lowest BCUT2D eigenvalue weighted by Gasteiger charge is -2.16. The van der Waals surface area contributed by atoms with E-state index in [1.165, 1.54) is 17.7 Å². The number of hydrogen-bond acceptors (Lipinski definition) is 4. The van der Waals surface area contributed by atoms with Gasteiger partial charge in [-0.25, -0.2) is 4.68 Å². The lowest BCUT2D eigenvalue weighted by Crippen LogP contribution is -2.32. The van der Waals surface area contributed by atoms with Gasteiger partial charge in [0.2, 0.25) is 17.7 Å². The van der Waals surface area contributed by atoms with Gasteiger partial charge in [-0.3, -0.25) is 19.3 Å². The van der Waals surface area contributed by atoms with Crippen LogP contribution in [0.15, 0.2) is 12.3 Å².